The highest BCUT2D eigenvalue weighted by molar-refractivity contribution is 5.77. The van der Waals surface area contributed by atoms with Gasteiger partial charge in [0.15, 0.2) is 0 Å². The van der Waals surface area contributed by atoms with Gasteiger partial charge in [-0.3, -0.25) is 4.79 Å². The standard InChI is InChI=1S/C25H38O5/c1-15(14-26)20-10-11-21(29-20)16(2)23(27)30-22-18(24(3,4)5)12-17(28-9)13-19(22)25(6,7)8/h12-16,20-21H,10-11H2,1-9H3/t15-,16+,20-,21+/m0/s1. The van der Waals surface area contributed by atoms with Gasteiger partial charge in [-0.2, -0.15) is 0 Å². The van der Waals surface area contributed by atoms with Crippen LogP contribution in [0.4, 0.5) is 0 Å². The van der Waals surface area contributed by atoms with E-state index in [1.165, 1.54) is 0 Å². The molecular weight excluding hydrogens is 380 g/mol. The maximum atomic E-state index is 13.2. The molecule has 1 aromatic rings. The molecule has 2 rings (SSSR count). The molecule has 5 nitrogen and oxygen atoms in total. The summed E-state index contributed by atoms with van der Waals surface area (Å²) in [6, 6.07) is 3.91. The Labute approximate surface area is 181 Å². The molecule has 0 saturated carbocycles. The lowest BCUT2D eigenvalue weighted by molar-refractivity contribution is -0.144. The molecule has 0 bridgehead atoms. The molecule has 30 heavy (non-hydrogen) atoms. The Morgan fingerprint density at radius 2 is 1.53 bits per heavy atom. The normalized spacial score (nSPS) is 21.8. The van der Waals surface area contributed by atoms with Gasteiger partial charge in [-0.05, 0) is 42.7 Å². The minimum atomic E-state index is -0.420. The van der Waals surface area contributed by atoms with Gasteiger partial charge in [0.25, 0.3) is 0 Å². The fourth-order valence-corrected chi connectivity index (χ4v) is 3.82. The molecule has 1 aliphatic rings. The zero-order valence-corrected chi connectivity index (χ0v) is 20.0. The Kier molecular flexibility index (Phi) is 7.39. The summed E-state index contributed by atoms with van der Waals surface area (Å²) in [6.45, 7) is 16.3. The van der Waals surface area contributed by atoms with Crippen LogP contribution < -0.4 is 9.47 Å². The van der Waals surface area contributed by atoms with Crippen LogP contribution >= 0.6 is 0 Å². The van der Waals surface area contributed by atoms with E-state index in [2.05, 4.69) is 41.5 Å². The van der Waals surface area contributed by atoms with Crippen LogP contribution in [0.1, 0.15) is 79.4 Å². The largest absolute Gasteiger partial charge is 0.497 e. The van der Waals surface area contributed by atoms with E-state index in [1.807, 2.05) is 26.0 Å². The van der Waals surface area contributed by atoms with Crippen molar-refractivity contribution in [3.05, 3.63) is 23.3 Å². The SMILES string of the molecule is COc1cc(C(C)(C)C)c(OC(=O)[C@H](C)[C@H]2CC[C@@H]([C@@H](C)C=O)O2)c(C(C)(C)C)c1. The number of carbonyl (C=O) groups is 2. The van der Waals surface area contributed by atoms with Gasteiger partial charge in [0.05, 0.1) is 25.2 Å². The Hall–Kier alpha value is -1.88. The average molecular weight is 419 g/mol. The third-order valence-electron chi connectivity index (χ3n) is 5.93. The zero-order chi connectivity index (χ0) is 22.9. The van der Waals surface area contributed by atoms with Gasteiger partial charge in [-0.1, -0.05) is 48.5 Å². The fraction of sp³-hybridized carbons (Fsp3) is 0.680. The van der Waals surface area contributed by atoms with Crippen LogP contribution in [0.15, 0.2) is 12.1 Å². The summed E-state index contributed by atoms with van der Waals surface area (Å²) < 4.78 is 17.6. The number of carbonyl (C=O) groups excluding carboxylic acids is 2. The highest BCUT2D eigenvalue weighted by atomic mass is 16.5. The Bertz CT molecular complexity index is 734. The molecule has 0 spiro atoms. The summed E-state index contributed by atoms with van der Waals surface area (Å²) in [6.07, 6.45) is 2.09. The minimum Gasteiger partial charge on any atom is -0.497 e. The van der Waals surface area contributed by atoms with Gasteiger partial charge < -0.3 is 19.0 Å². The summed E-state index contributed by atoms with van der Waals surface area (Å²) in [5.41, 5.74) is 1.41. The number of esters is 1. The maximum absolute atomic E-state index is 13.2. The van der Waals surface area contributed by atoms with Crippen molar-refractivity contribution in [3.8, 4) is 11.5 Å². The second-order valence-electron chi connectivity index (χ2n) is 10.5. The van der Waals surface area contributed by atoms with Gasteiger partial charge in [0.1, 0.15) is 17.8 Å². The molecule has 0 unspecified atom stereocenters. The molecule has 0 aliphatic carbocycles. The first kappa shape index (κ1) is 24.4. The smallest absolute Gasteiger partial charge is 0.316 e. The predicted octanol–water partition coefficient (Wildman–Crippen LogP) is 5.21. The van der Waals surface area contributed by atoms with Gasteiger partial charge in [0.2, 0.25) is 0 Å². The molecule has 5 heteroatoms. The van der Waals surface area contributed by atoms with E-state index in [-0.39, 0.29) is 34.9 Å². The van der Waals surface area contributed by atoms with Crippen molar-refractivity contribution in [1.82, 2.24) is 0 Å². The molecule has 0 amide bonds. The van der Waals surface area contributed by atoms with E-state index >= 15 is 0 Å². The lowest BCUT2D eigenvalue weighted by Crippen LogP contribution is -2.32. The van der Waals surface area contributed by atoms with Crippen molar-refractivity contribution in [2.75, 3.05) is 7.11 Å². The Morgan fingerprint density at radius 3 is 1.97 bits per heavy atom. The van der Waals surface area contributed by atoms with Crippen LogP contribution in [-0.4, -0.2) is 31.6 Å². The monoisotopic (exact) mass is 418 g/mol. The van der Waals surface area contributed by atoms with Crippen LogP contribution in [0.5, 0.6) is 11.5 Å². The van der Waals surface area contributed by atoms with Crippen molar-refractivity contribution >= 4 is 12.3 Å². The second-order valence-corrected chi connectivity index (χ2v) is 10.5. The number of hydrogen-bond acceptors (Lipinski definition) is 5. The summed E-state index contributed by atoms with van der Waals surface area (Å²) in [5.74, 6) is 0.475. The molecule has 1 saturated heterocycles. The van der Waals surface area contributed by atoms with E-state index in [4.69, 9.17) is 14.2 Å². The van der Waals surface area contributed by atoms with Crippen LogP contribution in [-0.2, 0) is 25.2 Å². The molecular formula is C25H38O5. The van der Waals surface area contributed by atoms with E-state index in [1.54, 1.807) is 7.11 Å². The molecule has 4 atom stereocenters. The summed E-state index contributed by atoms with van der Waals surface area (Å²) in [5, 5.41) is 0. The van der Waals surface area contributed by atoms with Crippen molar-refractivity contribution < 1.29 is 23.8 Å². The first-order chi connectivity index (χ1) is 13.8. The van der Waals surface area contributed by atoms with E-state index < -0.39 is 5.92 Å². The van der Waals surface area contributed by atoms with Crippen molar-refractivity contribution in [2.24, 2.45) is 11.8 Å². The predicted molar refractivity (Wildman–Crippen MR) is 118 cm³/mol. The van der Waals surface area contributed by atoms with Gasteiger partial charge in [-0.25, -0.2) is 0 Å². The van der Waals surface area contributed by atoms with E-state index in [0.29, 0.717) is 5.75 Å². The third kappa shape index (κ3) is 5.42. The third-order valence-corrected chi connectivity index (χ3v) is 5.93. The quantitative estimate of drug-likeness (QED) is 0.360. The number of benzene rings is 1. The minimum absolute atomic E-state index is 0.126. The van der Waals surface area contributed by atoms with E-state index in [0.717, 1.165) is 36.0 Å². The molecule has 1 fully saturated rings. The molecule has 0 N–H and O–H groups in total. The van der Waals surface area contributed by atoms with E-state index in [9.17, 15) is 9.59 Å². The molecule has 0 aromatic heterocycles. The number of methoxy groups -OCH3 is 1. The highest BCUT2D eigenvalue weighted by Gasteiger charge is 2.37. The number of rotatable bonds is 6. The maximum Gasteiger partial charge on any atom is 0.316 e. The highest BCUT2D eigenvalue weighted by Crippen LogP contribution is 2.43. The average Bonchev–Trinajstić information content (AvgIpc) is 3.15. The fourth-order valence-electron chi connectivity index (χ4n) is 3.82. The summed E-state index contributed by atoms with van der Waals surface area (Å²) in [7, 11) is 1.65. The number of ether oxygens (including phenoxy) is 3. The van der Waals surface area contributed by atoms with Crippen LogP contribution in [0.3, 0.4) is 0 Å². The first-order valence-electron chi connectivity index (χ1n) is 10.8. The molecule has 1 aliphatic heterocycles. The molecule has 168 valence electrons. The van der Waals surface area contributed by atoms with Crippen molar-refractivity contribution in [3.63, 3.8) is 0 Å². The molecule has 1 aromatic carbocycles. The lowest BCUT2D eigenvalue weighted by Gasteiger charge is -2.30. The van der Waals surface area contributed by atoms with Crippen LogP contribution in [0.2, 0.25) is 0 Å². The molecule has 0 radical (unpaired) electrons. The number of hydrogen-bond donors (Lipinski definition) is 0. The first-order valence-corrected chi connectivity index (χ1v) is 10.8. The van der Waals surface area contributed by atoms with Gasteiger partial charge >= 0.3 is 5.97 Å². The second kappa shape index (κ2) is 9.09. The Balaban J connectivity index is 2.36. The van der Waals surface area contributed by atoms with Gasteiger partial charge in [0, 0.05) is 17.0 Å². The van der Waals surface area contributed by atoms with Crippen molar-refractivity contribution in [2.45, 2.75) is 91.3 Å². The van der Waals surface area contributed by atoms with Crippen LogP contribution in [0, 0.1) is 11.8 Å². The molecule has 1 heterocycles. The summed E-state index contributed by atoms with van der Waals surface area (Å²) >= 11 is 0. The lowest BCUT2D eigenvalue weighted by atomic mass is 9.79. The van der Waals surface area contributed by atoms with Gasteiger partial charge in [-0.15, -0.1) is 0 Å². The van der Waals surface area contributed by atoms with Crippen LogP contribution in [0.25, 0.3) is 0 Å². The van der Waals surface area contributed by atoms with Crippen molar-refractivity contribution in [1.29, 1.82) is 0 Å². The zero-order valence-electron chi connectivity index (χ0n) is 20.0. The number of aldehydes is 1. The topological polar surface area (TPSA) is 61.8 Å². The summed E-state index contributed by atoms with van der Waals surface area (Å²) in [4.78, 5) is 24.2. The Morgan fingerprint density at radius 1 is 1.03 bits per heavy atom.